The minimum atomic E-state index is -0.0577. The van der Waals surface area contributed by atoms with E-state index in [1.165, 1.54) is 11.8 Å². The molecule has 2 aromatic rings. The van der Waals surface area contributed by atoms with Gasteiger partial charge in [0.05, 0.1) is 6.61 Å². The first-order valence-corrected chi connectivity index (χ1v) is 8.10. The molecule has 0 fully saturated rings. The van der Waals surface area contributed by atoms with Crippen LogP contribution in [0.4, 0.5) is 5.69 Å². The molecule has 6 nitrogen and oxygen atoms in total. The third kappa shape index (κ3) is 5.32. The molecule has 8 heteroatoms. The number of nitrogens with one attached hydrogen (secondary N) is 1. The van der Waals surface area contributed by atoms with Gasteiger partial charge in [0.15, 0.2) is 5.16 Å². The van der Waals surface area contributed by atoms with Gasteiger partial charge >= 0.3 is 0 Å². The highest BCUT2D eigenvalue weighted by Gasteiger charge is 2.07. The zero-order valence-electron chi connectivity index (χ0n) is 12.2. The van der Waals surface area contributed by atoms with Crippen LogP contribution in [-0.2, 0) is 16.1 Å². The van der Waals surface area contributed by atoms with Crippen molar-refractivity contribution in [1.29, 1.82) is 0 Å². The van der Waals surface area contributed by atoms with Crippen molar-refractivity contribution < 1.29 is 9.53 Å². The number of rotatable bonds is 8. The normalized spacial score (nSPS) is 10.6. The van der Waals surface area contributed by atoms with Gasteiger partial charge in [-0.3, -0.25) is 4.79 Å². The van der Waals surface area contributed by atoms with Gasteiger partial charge in [-0.1, -0.05) is 29.4 Å². The number of carbonyl (C=O) groups excluding carboxylic acids is 1. The summed E-state index contributed by atoms with van der Waals surface area (Å²) in [5, 5.41) is 12.1. The molecule has 0 aliphatic carbocycles. The number of hydrogen-bond donors (Lipinski definition) is 1. The highest BCUT2D eigenvalue weighted by molar-refractivity contribution is 7.99. The average molecular weight is 341 g/mol. The van der Waals surface area contributed by atoms with E-state index < -0.39 is 0 Å². The van der Waals surface area contributed by atoms with E-state index in [0.717, 1.165) is 5.16 Å². The van der Waals surface area contributed by atoms with Crippen molar-refractivity contribution in [3.05, 3.63) is 35.6 Å². The Hall–Kier alpha value is -1.57. The van der Waals surface area contributed by atoms with Gasteiger partial charge in [-0.15, -0.1) is 10.2 Å². The number of aromatic nitrogens is 3. The Labute approximate surface area is 138 Å². The molecular formula is C14H17ClN4O2S. The lowest BCUT2D eigenvalue weighted by atomic mass is 10.3. The molecule has 22 heavy (non-hydrogen) atoms. The van der Waals surface area contributed by atoms with Crippen LogP contribution in [0.2, 0.25) is 5.02 Å². The summed E-state index contributed by atoms with van der Waals surface area (Å²) in [6, 6.07) is 7.08. The average Bonchev–Trinajstić information content (AvgIpc) is 2.92. The van der Waals surface area contributed by atoms with E-state index in [2.05, 4.69) is 15.5 Å². The van der Waals surface area contributed by atoms with Gasteiger partial charge in [0.25, 0.3) is 0 Å². The fourth-order valence-electron chi connectivity index (χ4n) is 1.72. The second-order valence-corrected chi connectivity index (χ2v) is 5.96. The first-order chi connectivity index (χ1) is 10.7. The molecule has 1 aromatic heterocycles. The number of amides is 1. The summed E-state index contributed by atoms with van der Waals surface area (Å²) in [7, 11) is 1.65. The van der Waals surface area contributed by atoms with Crippen LogP contribution in [0.1, 0.15) is 6.42 Å². The smallest absolute Gasteiger partial charge is 0.225 e. The Kier molecular flexibility index (Phi) is 6.70. The van der Waals surface area contributed by atoms with Crippen LogP contribution in [0, 0.1) is 0 Å². The summed E-state index contributed by atoms with van der Waals surface area (Å²) in [5.74, 6) is 0.565. The highest BCUT2D eigenvalue weighted by Crippen LogP contribution is 2.17. The summed E-state index contributed by atoms with van der Waals surface area (Å²) < 4.78 is 6.93. The number of benzene rings is 1. The van der Waals surface area contributed by atoms with Gasteiger partial charge < -0.3 is 14.6 Å². The Morgan fingerprint density at radius 1 is 1.50 bits per heavy atom. The summed E-state index contributed by atoms with van der Waals surface area (Å²) >= 11 is 7.37. The number of carbonyl (C=O) groups is 1. The van der Waals surface area contributed by atoms with Crippen LogP contribution in [0.25, 0.3) is 0 Å². The van der Waals surface area contributed by atoms with E-state index in [-0.39, 0.29) is 5.91 Å². The van der Waals surface area contributed by atoms with Gasteiger partial charge in [0, 0.05) is 36.5 Å². The van der Waals surface area contributed by atoms with Gasteiger partial charge in [-0.25, -0.2) is 0 Å². The van der Waals surface area contributed by atoms with Crippen LogP contribution in [0.15, 0.2) is 35.7 Å². The van der Waals surface area contributed by atoms with Crippen LogP contribution in [-0.4, -0.2) is 40.1 Å². The molecule has 0 atom stereocenters. The number of anilines is 1. The van der Waals surface area contributed by atoms with Gasteiger partial charge in [0.1, 0.15) is 6.33 Å². The first-order valence-electron chi connectivity index (χ1n) is 6.74. The first kappa shape index (κ1) is 16.8. The van der Waals surface area contributed by atoms with Gasteiger partial charge in [0.2, 0.25) is 5.91 Å². The molecule has 0 unspecified atom stereocenters. The quantitative estimate of drug-likeness (QED) is 0.748. The third-order valence-electron chi connectivity index (χ3n) is 2.78. The topological polar surface area (TPSA) is 69.0 Å². The molecule has 0 aliphatic heterocycles. The Morgan fingerprint density at radius 3 is 3.14 bits per heavy atom. The predicted molar refractivity (Wildman–Crippen MR) is 87.3 cm³/mol. The standard InChI is InChI=1S/C14H17ClN4O2S/c1-21-7-6-19-10-16-18-14(19)22-8-5-13(20)17-12-4-2-3-11(15)9-12/h2-4,9-10H,5-8H2,1H3,(H,17,20). The van der Waals surface area contributed by atoms with E-state index in [1.807, 2.05) is 4.57 Å². The lowest BCUT2D eigenvalue weighted by Crippen LogP contribution is -2.12. The summed E-state index contributed by atoms with van der Waals surface area (Å²) in [6.07, 6.45) is 2.04. The second kappa shape index (κ2) is 8.77. The summed E-state index contributed by atoms with van der Waals surface area (Å²) in [5.41, 5.74) is 0.700. The number of nitrogens with zero attached hydrogens (tertiary/aromatic N) is 3. The number of hydrogen-bond acceptors (Lipinski definition) is 5. The van der Waals surface area contributed by atoms with Crippen LogP contribution < -0.4 is 5.32 Å². The zero-order chi connectivity index (χ0) is 15.8. The minimum absolute atomic E-state index is 0.0577. The van der Waals surface area contributed by atoms with Crippen molar-refractivity contribution in [2.24, 2.45) is 0 Å². The van der Waals surface area contributed by atoms with Crippen molar-refractivity contribution in [2.75, 3.05) is 24.8 Å². The minimum Gasteiger partial charge on any atom is -0.383 e. The Morgan fingerprint density at radius 2 is 2.36 bits per heavy atom. The molecular weight excluding hydrogens is 324 g/mol. The van der Waals surface area contributed by atoms with Crippen LogP contribution in [0.5, 0.6) is 0 Å². The van der Waals surface area contributed by atoms with E-state index in [9.17, 15) is 4.79 Å². The number of halogens is 1. The lowest BCUT2D eigenvalue weighted by Gasteiger charge is -2.06. The molecule has 0 saturated carbocycles. The van der Waals surface area contributed by atoms with Crippen molar-refractivity contribution in [3.63, 3.8) is 0 Å². The van der Waals surface area contributed by atoms with E-state index in [0.29, 0.717) is 36.0 Å². The monoisotopic (exact) mass is 340 g/mol. The molecule has 0 spiro atoms. The highest BCUT2D eigenvalue weighted by atomic mass is 35.5. The molecule has 1 aromatic carbocycles. The molecule has 0 radical (unpaired) electrons. The van der Waals surface area contributed by atoms with E-state index >= 15 is 0 Å². The molecule has 1 heterocycles. The van der Waals surface area contributed by atoms with E-state index in [4.69, 9.17) is 16.3 Å². The van der Waals surface area contributed by atoms with Crippen molar-refractivity contribution in [1.82, 2.24) is 14.8 Å². The third-order valence-corrected chi connectivity index (χ3v) is 4.00. The molecule has 1 amide bonds. The second-order valence-electron chi connectivity index (χ2n) is 4.46. The fourth-order valence-corrected chi connectivity index (χ4v) is 2.79. The van der Waals surface area contributed by atoms with Crippen molar-refractivity contribution in [2.45, 2.75) is 18.1 Å². The van der Waals surface area contributed by atoms with Crippen molar-refractivity contribution >= 4 is 35.0 Å². The zero-order valence-corrected chi connectivity index (χ0v) is 13.7. The number of thioether (sulfide) groups is 1. The molecule has 0 aliphatic rings. The Balaban J connectivity index is 1.76. The van der Waals surface area contributed by atoms with Gasteiger partial charge in [-0.05, 0) is 18.2 Å². The fraction of sp³-hybridized carbons (Fsp3) is 0.357. The van der Waals surface area contributed by atoms with Crippen LogP contribution >= 0.6 is 23.4 Å². The SMILES string of the molecule is COCCn1cnnc1SCCC(=O)Nc1cccc(Cl)c1. The Bertz CT molecular complexity index is 620. The number of ether oxygens (including phenoxy) is 1. The van der Waals surface area contributed by atoms with Gasteiger partial charge in [-0.2, -0.15) is 0 Å². The van der Waals surface area contributed by atoms with E-state index in [1.54, 1.807) is 37.7 Å². The maximum Gasteiger partial charge on any atom is 0.225 e. The van der Waals surface area contributed by atoms with Crippen molar-refractivity contribution in [3.8, 4) is 0 Å². The molecule has 2 rings (SSSR count). The predicted octanol–water partition coefficient (Wildman–Crippen LogP) is 2.70. The molecule has 1 N–H and O–H groups in total. The lowest BCUT2D eigenvalue weighted by molar-refractivity contribution is -0.115. The largest absolute Gasteiger partial charge is 0.383 e. The number of methoxy groups -OCH3 is 1. The summed E-state index contributed by atoms with van der Waals surface area (Å²) in [4.78, 5) is 11.9. The molecule has 0 bridgehead atoms. The summed E-state index contributed by atoms with van der Waals surface area (Å²) in [6.45, 7) is 1.29. The molecule has 0 saturated heterocycles. The maximum absolute atomic E-state index is 11.9. The van der Waals surface area contributed by atoms with Crippen LogP contribution in [0.3, 0.4) is 0 Å². The maximum atomic E-state index is 11.9. The molecule has 118 valence electrons.